The highest BCUT2D eigenvalue weighted by atomic mass is 35.5. The highest BCUT2D eigenvalue weighted by Crippen LogP contribution is 2.32. The second kappa shape index (κ2) is 8.37. The van der Waals surface area contributed by atoms with Crippen LogP contribution in [-0.4, -0.2) is 38.6 Å². The molecule has 1 aromatic carbocycles. The SMILES string of the molecule is CN(C(=O)c1cc(-n2c(=O)[nH]c3cccc(CO)c3c2=O)c(Cl)s1)C1CCCCC1. The third-order valence-electron chi connectivity index (χ3n) is 5.75. The van der Waals surface area contributed by atoms with Crippen LogP contribution in [0.5, 0.6) is 0 Å². The zero-order valence-electron chi connectivity index (χ0n) is 16.5. The molecule has 1 aliphatic carbocycles. The van der Waals surface area contributed by atoms with Gasteiger partial charge < -0.3 is 15.0 Å². The Bertz CT molecular complexity index is 1220. The van der Waals surface area contributed by atoms with Gasteiger partial charge >= 0.3 is 5.69 Å². The van der Waals surface area contributed by atoms with Gasteiger partial charge in [-0.2, -0.15) is 0 Å². The van der Waals surface area contributed by atoms with Crippen LogP contribution in [0.2, 0.25) is 4.34 Å². The third kappa shape index (κ3) is 3.59. The Morgan fingerprint density at radius 2 is 2.03 bits per heavy atom. The van der Waals surface area contributed by atoms with E-state index in [0.29, 0.717) is 16.0 Å². The van der Waals surface area contributed by atoms with Crippen LogP contribution in [0.3, 0.4) is 0 Å². The standard InChI is InChI=1S/C21H22ClN3O4S/c1-24(13-7-3-2-4-8-13)19(27)16-10-15(18(22)30-16)25-20(28)17-12(11-26)6-5-9-14(17)23-21(25)29/h5-6,9-10,13,26H,2-4,7-8,11H2,1H3,(H,23,29). The number of hydrogen-bond donors (Lipinski definition) is 2. The first-order valence-electron chi connectivity index (χ1n) is 9.87. The largest absolute Gasteiger partial charge is 0.392 e. The van der Waals surface area contributed by atoms with Crippen molar-refractivity contribution in [2.45, 2.75) is 44.8 Å². The molecular formula is C21H22ClN3O4S. The van der Waals surface area contributed by atoms with Gasteiger partial charge in [0.25, 0.3) is 11.5 Å². The Labute approximate surface area is 181 Å². The maximum atomic E-state index is 13.1. The smallest absolute Gasteiger partial charge is 0.333 e. The first-order valence-corrected chi connectivity index (χ1v) is 11.1. The average molecular weight is 448 g/mol. The van der Waals surface area contributed by atoms with Crippen molar-refractivity contribution in [2.75, 3.05) is 7.05 Å². The minimum Gasteiger partial charge on any atom is -0.392 e. The molecule has 1 amide bonds. The summed E-state index contributed by atoms with van der Waals surface area (Å²) in [5.74, 6) is -0.165. The third-order valence-corrected chi connectivity index (χ3v) is 7.07. The monoisotopic (exact) mass is 447 g/mol. The summed E-state index contributed by atoms with van der Waals surface area (Å²) < 4.78 is 1.11. The quantitative estimate of drug-likeness (QED) is 0.641. The number of carbonyl (C=O) groups excluding carboxylic acids is 1. The van der Waals surface area contributed by atoms with Crippen molar-refractivity contribution >= 4 is 39.7 Å². The number of nitrogens with one attached hydrogen (secondary N) is 1. The van der Waals surface area contributed by atoms with Gasteiger partial charge in [0.2, 0.25) is 0 Å². The molecule has 0 unspecified atom stereocenters. The van der Waals surface area contributed by atoms with Gasteiger partial charge in [-0.15, -0.1) is 11.3 Å². The molecule has 1 saturated carbocycles. The zero-order valence-corrected chi connectivity index (χ0v) is 18.1. The molecule has 0 bridgehead atoms. The fourth-order valence-corrected chi connectivity index (χ4v) is 5.35. The molecule has 4 rings (SSSR count). The Morgan fingerprint density at radius 1 is 1.30 bits per heavy atom. The van der Waals surface area contributed by atoms with Crippen LogP contribution >= 0.6 is 22.9 Å². The summed E-state index contributed by atoms with van der Waals surface area (Å²) in [6.07, 6.45) is 5.35. The van der Waals surface area contributed by atoms with Crippen LogP contribution in [0.15, 0.2) is 33.9 Å². The number of aliphatic hydroxyl groups is 1. The lowest BCUT2D eigenvalue weighted by molar-refractivity contribution is 0.0701. The second-order valence-corrected chi connectivity index (χ2v) is 9.20. The summed E-state index contributed by atoms with van der Waals surface area (Å²) >= 11 is 7.42. The zero-order chi connectivity index (χ0) is 21.4. The lowest BCUT2D eigenvalue weighted by Crippen LogP contribution is -2.38. The summed E-state index contributed by atoms with van der Waals surface area (Å²) in [5, 5.41) is 9.81. The molecule has 0 saturated heterocycles. The second-order valence-electron chi connectivity index (χ2n) is 7.55. The minimum absolute atomic E-state index is 0.165. The molecule has 7 nitrogen and oxygen atoms in total. The van der Waals surface area contributed by atoms with Gasteiger partial charge in [-0.1, -0.05) is 43.0 Å². The van der Waals surface area contributed by atoms with Crippen LogP contribution < -0.4 is 11.2 Å². The summed E-state index contributed by atoms with van der Waals surface area (Å²) in [6.45, 7) is -0.341. The highest BCUT2D eigenvalue weighted by Gasteiger charge is 2.26. The van der Waals surface area contributed by atoms with Gasteiger partial charge in [0.05, 0.1) is 28.1 Å². The van der Waals surface area contributed by atoms with Crippen molar-refractivity contribution in [1.82, 2.24) is 14.5 Å². The molecule has 1 aliphatic rings. The summed E-state index contributed by atoms with van der Waals surface area (Å²) in [5.41, 5.74) is -0.322. The summed E-state index contributed by atoms with van der Waals surface area (Å²) in [6, 6.07) is 6.57. The maximum absolute atomic E-state index is 13.1. The van der Waals surface area contributed by atoms with E-state index in [1.54, 1.807) is 30.1 Å². The van der Waals surface area contributed by atoms with E-state index in [2.05, 4.69) is 4.98 Å². The predicted molar refractivity (Wildman–Crippen MR) is 118 cm³/mol. The molecule has 0 radical (unpaired) electrons. The number of nitrogens with zero attached hydrogens (tertiary/aromatic N) is 2. The number of thiophene rings is 1. The van der Waals surface area contributed by atoms with Crippen molar-refractivity contribution in [1.29, 1.82) is 0 Å². The molecule has 3 aromatic rings. The van der Waals surface area contributed by atoms with Crippen LogP contribution in [0.1, 0.15) is 47.3 Å². The first kappa shape index (κ1) is 20.8. The number of H-pyrrole nitrogens is 1. The molecule has 30 heavy (non-hydrogen) atoms. The fourth-order valence-electron chi connectivity index (χ4n) is 4.11. The minimum atomic E-state index is -0.651. The van der Waals surface area contributed by atoms with Crippen molar-refractivity contribution < 1.29 is 9.90 Å². The summed E-state index contributed by atoms with van der Waals surface area (Å²) in [4.78, 5) is 43.6. The fraction of sp³-hybridized carbons (Fsp3) is 0.381. The molecule has 2 N–H and O–H groups in total. The van der Waals surface area contributed by atoms with E-state index >= 15 is 0 Å². The number of halogens is 1. The normalized spacial score (nSPS) is 14.9. The number of aromatic nitrogens is 2. The van der Waals surface area contributed by atoms with E-state index in [0.717, 1.165) is 41.6 Å². The van der Waals surface area contributed by atoms with Gasteiger partial charge in [0.15, 0.2) is 0 Å². The maximum Gasteiger partial charge on any atom is 0.333 e. The van der Waals surface area contributed by atoms with Gasteiger partial charge in [-0.3, -0.25) is 9.59 Å². The van der Waals surface area contributed by atoms with E-state index in [1.807, 2.05) is 0 Å². The topological polar surface area (TPSA) is 95.4 Å². The molecule has 1 fully saturated rings. The van der Waals surface area contributed by atoms with E-state index in [4.69, 9.17) is 11.6 Å². The average Bonchev–Trinajstić information content (AvgIpc) is 3.13. The number of carbonyl (C=O) groups is 1. The van der Waals surface area contributed by atoms with E-state index in [9.17, 15) is 19.5 Å². The summed E-state index contributed by atoms with van der Waals surface area (Å²) in [7, 11) is 1.79. The van der Waals surface area contributed by atoms with Gasteiger partial charge in [0.1, 0.15) is 4.34 Å². The van der Waals surface area contributed by atoms with Crippen LogP contribution in [0.4, 0.5) is 0 Å². The number of benzene rings is 1. The van der Waals surface area contributed by atoms with E-state index < -0.39 is 11.2 Å². The molecule has 158 valence electrons. The Balaban J connectivity index is 1.78. The Morgan fingerprint density at radius 3 is 2.73 bits per heavy atom. The molecule has 2 aromatic heterocycles. The molecule has 0 spiro atoms. The number of rotatable bonds is 4. The molecule has 0 aliphatic heterocycles. The van der Waals surface area contributed by atoms with Crippen molar-refractivity contribution in [3.63, 3.8) is 0 Å². The lowest BCUT2D eigenvalue weighted by atomic mass is 9.94. The first-order chi connectivity index (χ1) is 14.4. The molecule has 9 heteroatoms. The Hall–Kier alpha value is -2.42. The van der Waals surface area contributed by atoms with Crippen LogP contribution in [0, 0.1) is 0 Å². The molecule has 2 heterocycles. The van der Waals surface area contributed by atoms with Crippen LogP contribution in [-0.2, 0) is 6.61 Å². The van der Waals surface area contributed by atoms with E-state index in [-0.39, 0.29) is 34.0 Å². The lowest BCUT2D eigenvalue weighted by Gasteiger charge is -2.30. The van der Waals surface area contributed by atoms with Gasteiger partial charge in [-0.05, 0) is 30.5 Å². The van der Waals surface area contributed by atoms with Crippen molar-refractivity contribution in [3.8, 4) is 5.69 Å². The number of hydrogen-bond acceptors (Lipinski definition) is 5. The van der Waals surface area contributed by atoms with Crippen molar-refractivity contribution in [3.05, 3.63) is 59.9 Å². The number of amides is 1. The molecule has 0 atom stereocenters. The van der Waals surface area contributed by atoms with Gasteiger partial charge in [-0.25, -0.2) is 9.36 Å². The number of aliphatic hydroxyl groups excluding tert-OH is 1. The van der Waals surface area contributed by atoms with Gasteiger partial charge in [0, 0.05) is 13.1 Å². The van der Waals surface area contributed by atoms with Crippen LogP contribution in [0.25, 0.3) is 16.6 Å². The highest BCUT2D eigenvalue weighted by molar-refractivity contribution is 7.18. The number of aromatic amines is 1. The van der Waals surface area contributed by atoms with E-state index in [1.165, 1.54) is 12.5 Å². The number of fused-ring (bicyclic) bond motifs is 1. The molecular weight excluding hydrogens is 426 g/mol. The Kier molecular flexibility index (Phi) is 5.81. The van der Waals surface area contributed by atoms with Crippen molar-refractivity contribution in [2.24, 2.45) is 0 Å². The predicted octanol–water partition coefficient (Wildman–Crippen LogP) is 3.29.